The summed E-state index contributed by atoms with van der Waals surface area (Å²) in [5.41, 5.74) is 2.89. The van der Waals surface area contributed by atoms with Gasteiger partial charge in [-0.05, 0) is 50.6 Å². The molecule has 190 valence electrons. The molecule has 9 heteroatoms. The standard InChI is InChI=1S/C28H26N2O6S/c1-5-35-27(32)23-16(3)24(28(33)36-6-2)37-26(23)30-25(31)20-15-22(17-10-9-11-18(14-17)34-4)29-21-13-8-7-12-19(20)21/h7-15H,5-6H2,1-4H3,(H,30,31). The maximum atomic E-state index is 13.7. The molecule has 0 aliphatic rings. The lowest BCUT2D eigenvalue weighted by molar-refractivity contribution is 0.0527. The average Bonchev–Trinajstić information content (AvgIpc) is 3.23. The predicted molar refractivity (Wildman–Crippen MR) is 143 cm³/mol. The number of carbonyl (C=O) groups excluding carboxylic acids is 3. The van der Waals surface area contributed by atoms with Crippen LogP contribution in [0, 0.1) is 6.92 Å². The van der Waals surface area contributed by atoms with Gasteiger partial charge in [0.15, 0.2) is 0 Å². The zero-order valence-corrected chi connectivity index (χ0v) is 21.7. The van der Waals surface area contributed by atoms with Gasteiger partial charge in [0, 0.05) is 10.9 Å². The average molecular weight is 519 g/mol. The number of benzene rings is 2. The first-order chi connectivity index (χ1) is 17.9. The largest absolute Gasteiger partial charge is 0.497 e. The maximum Gasteiger partial charge on any atom is 0.348 e. The number of hydrogen-bond donors (Lipinski definition) is 1. The van der Waals surface area contributed by atoms with Gasteiger partial charge in [-0.1, -0.05) is 30.3 Å². The number of nitrogens with zero attached hydrogens (tertiary/aromatic N) is 1. The van der Waals surface area contributed by atoms with Gasteiger partial charge in [0.25, 0.3) is 5.91 Å². The molecule has 0 aliphatic carbocycles. The van der Waals surface area contributed by atoms with Crippen molar-refractivity contribution in [3.63, 3.8) is 0 Å². The number of hydrogen-bond acceptors (Lipinski definition) is 8. The van der Waals surface area contributed by atoms with Gasteiger partial charge in [0.1, 0.15) is 15.6 Å². The Morgan fingerprint density at radius 3 is 2.41 bits per heavy atom. The van der Waals surface area contributed by atoms with Gasteiger partial charge in [0.05, 0.1) is 42.7 Å². The second-order valence-electron chi connectivity index (χ2n) is 7.96. The summed E-state index contributed by atoms with van der Waals surface area (Å²) in [5.74, 6) is -0.979. The minimum atomic E-state index is -0.626. The Bertz CT molecular complexity index is 1490. The maximum absolute atomic E-state index is 13.7. The normalized spacial score (nSPS) is 10.7. The highest BCUT2D eigenvalue weighted by Crippen LogP contribution is 2.35. The van der Waals surface area contributed by atoms with Crippen molar-refractivity contribution in [3.05, 3.63) is 76.2 Å². The molecule has 1 amide bonds. The smallest absolute Gasteiger partial charge is 0.348 e. The van der Waals surface area contributed by atoms with E-state index in [2.05, 4.69) is 5.32 Å². The van der Waals surface area contributed by atoms with E-state index in [1.54, 1.807) is 33.9 Å². The number of methoxy groups -OCH3 is 1. The summed E-state index contributed by atoms with van der Waals surface area (Å²) in [6, 6.07) is 16.4. The van der Waals surface area contributed by atoms with Gasteiger partial charge >= 0.3 is 11.9 Å². The Morgan fingerprint density at radius 2 is 1.68 bits per heavy atom. The number of anilines is 1. The third-order valence-corrected chi connectivity index (χ3v) is 6.83. The molecule has 0 spiro atoms. The molecule has 0 aliphatic heterocycles. The van der Waals surface area contributed by atoms with Crippen LogP contribution >= 0.6 is 11.3 Å². The van der Waals surface area contributed by atoms with Crippen molar-refractivity contribution in [1.29, 1.82) is 0 Å². The Morgan fingerprint density at radius 1 is 0.946 bits per heavy atom. The Labute approximate surface area is 218 Å². The number of amides is 1. The second-order valence-corrected chi connectivity index (χ2v) is 8.98. The number of para-hydroxylation sites is 1. The highest BCUT2D eigenvalue weighted by atomic mass is 32.1. The number of thiophene rings is 1. The summed E-state index contributed by atoms with van der Waals surface area (Å²) in [6.07, 6.45) is 0. The van der Waals surface area contributed by atoms with Crippen molar-refractivity contribution in [2.75, 3.05) is 25.6 Å². The van der Waals surface area contributed by atoms with Gasteiger partial charge in [-0.15, -0.1) is 11.3 Å². The number of pyridine rings is 1. The van der Waals surface area contributed by atoms with Crippen molar-refractivity contribution in [1.82, 2.24) is 4.98 Å². The first kappa shape index (κ1) is 25.8. The molecule has 0 fully saturated rings. The third-order valence-electron chi connectivity index (χ3n) is 5.64. The summed E-state index contributed by atoms with van der Waals surface area (Å²) in [5, 5.41) is 3.69. The van der Waals surface area contributed by atoms with Crippen molar-refractivity contribution in [2.45, 2.75) is 20.8 Å². The van der Waals surface area contributed by atoms with Gasteiger partial charge in [-0.2, -0.15) is 0 Å². The van der Waals surface area contributed by atoms with Crippen LogP contribution in [0.5, 0.6) is 5.75 Å². The summed E-state index contributed by atoms with van der Waals surface area (Å²) in [7, 11) is 1.58. The van der Waals surface area contributed by atoms with E-state index >= 15 is 0 Å². The molecule has 0 bridgehead atoms. The van der Waals surface area contributed by atoms with E-state index in [1.165, 1.54) is 0 Å². The number of ether oxygens (including phenoxy) is 3. The number of aromatic nitrogens is 1. The summed E-state index contributed by atoms with van der Waals surface area (Å²) < 4.78 is 15.7. The molecular formula is C28H26N2O6S. The number of rotatable bonds is 8. The van der Waals surface area contributed by atoms with E-state index in [0.29, 0.717) is 33.5 Å². The SMILES string of the molecule is CCOC(=O)c1sc(NC(=O)c2cc(-c3cccc(OC)c3)nc3ccccc23)c(C(=O)OCC)c1C. The van der Waals surface area contributed by atoms with Crippen molar-refractivity contribution in [2.24, 2.45) is 0 Å². The fourth-order valence-corrected chi connectivity index (χ4v) is 4.99. The number of esters is 2. The van der Waals surface area contributed by atoms with Gasteiger partial charge in [-0.25, -0.2) is 14.6 Å². The first-order valence-corrected chi connectivity index (χ1v) is 12.5. The Hall–Kier alpha value is -4.24. The van der Waals surface area contributed by atoms with Crippen LogP contribution in [-0.4, -0.2) is 43.2 Å². The van der Waals surface area contributed by atoms with Gasteiger partial charge < -0.3 is 19.5 Å². The van der Waals surface area contributed by atoms with E-state index in [9.17, 15) is 14.4 Å². The molecule has 0 saturated heterocycles. The van der Waals surface area contributed by atoms with E-state index in [4.69, 9.17) is 19.2 Å². The van der Waals surface area contributed by atoms with Crippen LogP contribution in [0.25, 0.3) is 22.2 Å². The molecule has 2 heterocycles. The number of fused-ring (bicyclic) bond motifs is 1. The van der Waals surface area contributed by atoms with Crippen LogP contribution in [0.2, 0.25) is 0 Å². The van der Waals surface area contributed by atoms with Crippen molar-refractivity contribution >= 4 is 45.1 Å². The van der Waals surface area contributed by atoms with Gasteiger partial charge in [0.2, 0.25) is 0 Å². The van der Waals surface area contributed by atoms with E-state index in [1.807, 2.05) is 48.5 Å². The summed E-state index contributed by atoms with van der Waals surface area (Å²) in [6.45, 7) is 5.35. The van der Waals surface area contributed by atoms with Crippen LogP contribution in [0.4, 0.5) is 5.00 Å². The second kappa shape index (κ2) is 11.2. The van der Waals surface area contributed by atoms with Crippen LogP contribution in [0.1, 0.15) is 49.8 Å². The molecule has 1 N–H and O–H groups in total. The molecule has 8 nitrogen and oxygen atoms in total. The Balaban J connectivity index is 1.80. The Kier molecular flexibility index (Phi) is 7.83. The third kappa shape index (κ3) is 5.31. The molecule has 37 heavy (non-hydrogen) atoms. The number of nitrogens with one attached hydrogen (secondary N) is 1. The molecule has 0 atom stereocenters. The molecule has 2 aromatic carbocycles. The fourth-order valence-electron chi connectivity index (χ4n) is 3.91. The number of carbonyl (C=O) groups is 3. The molecule has 0 radical (unpaired) electrons. The summed E-state index contributed by atoms with van der Waals surface area (Å²) in [4.78, 5) is 43.9. The lowest BCUT2D eigenvalue weighted by Gasteiger charge is -2.11. The zero-order chi connectivity index (χ0) is 26.5. The highest BCUT2D eigenvalue weighted by molar-refractivity contribution is 7.18. The molecule has 2 aromatic heterocycles. The summed E-state index contributed by atoms with van der Waals surface area (Å²) >= 11 is 0.983. The van der Waals surface area contributed by atoms with Crippen molar-refractivity contribution in [3.8, 4) is 17.0 Å². The minimum absolute atomic E-state index is 0.134. The molecule has 0 saturated carbocycles. The molecule has 4 aromatic rings. The van der Waals surface area contributed by atoms with E-state index < -0.39 is 17.8 Å². The van der Waals surface area contributed by atoms with Crippen LogP contribution < -0.4 is 10.1 Å². The van der Waals surface area contributed by atoms with E-state index in [0.717, 1.165) is 16.9 Å². The monoisotopic (exact) mass is 518 g/mol. The van der Waals surface area contributed by atoms with E-state index in [-0.39, 0.29) is 28.7 Å². The van der Waals surface area contributed by atoms with Crippen LogP contribution in [-0.2, 0) is 9.47 Å². The molecule has 4 rings (SSSR count). The predicted octanol–water partition coefficient (Wildman–Crippen LogP) is 5.89. The first-order valence-electron chi connectivity index (χ1n) is 11.7. The van der Waals surface area contributed by atoms with Crippen LogP contribution in [0.15, 0.2) is 54.6 Å². The fraction of sp³-hybridized carbons (Fsp3) is 0.214. The quantitative estimate of drug-likeness (QED) is 0.290. The van der Waals surface area contributed by atoms with Crippen LogP contribution in [0.3, 0.4) is 0 Å². The molecular weight excluding hydrogens is 492 g/mol. The lowest BCUT2D eigenvalue weighted by Crippen LogP contribution is -2.15. The topological polar surface area (TPSA) is 104 Å². The van der Waals surface area contributed by atoms with Crippen molar-refractivity contribution < 1.29 is 28.6 Å². The van der Waals surface area contributed by atoms with Gasteiger partial charge in [-0.3, -0.25) is 4.79 Å². The highest BCUT2D eigenvalue weighted by Gasteiger charge is 2.28. The lowest BCUT2D eigenvalue weighted by atomic mass is 10.0. The zero-order valence-electron chi connectivity index (χ0n) is 20.9. The minimum Gasteiger partial charge on any atom is -0.497 e. The molecule has 0 unspecified atom stereocenters.